The summed E-state index contributed by atoms with van der Waals surface area (Å²) in [5, 5.41) is 0. The number of halogens is 1. The summed E-state index contributed by atoms with van der Waals surface area (Å²) in [6.45, 7) is 0.767. The first kappa shape index (κ1) is 14.8. The van der Waals surface area contributed by atoms with Crippen molar-refractivity contribution in [1.29, 1.82) is 0 Å². The van der Waals surface area contributed by atoms with Gasteiger partial charge in [-0.2, -0.15) is 0 Å². The van der Waals surface area contributed by atoms with Gasteiger partial charge in [0.15, 0.2) is 0 Å². The van der Waals surface area contributed by atoms with E-state index in [9.17, 15) is 9.18 Å². The molecule has 0 saturated heterocycles. The third kappa shape index (κ3) is 4.21. The van der Waals surface area contributed by atoms with Gasteiger partial charge in [-0.25, -0.2) is 4.39 Å². The minimum Gasteiger partial charge on any atom is -0.492 e. The predicted molar refractivity (Wildman–Crippen MR) is 79.7 cm³/mol. The van der Waals surface area contributed by atoms with Crippen LogP contribution in [0.4, 0.5) is 10.1 Å². The van der Waals surface area contributed by atoms with Crippen LogP contribution in [0.1, 0.15) is 10.4 Å². The summed E-state index contributed by atoms with van der Waals surface area (Å²) in [4.78, 5) is 13.7. The molecular formula is C16H17FN2O2. The van der Waals surface area contributed by atoms with Gasteiger partial charge in [0.05, 0.1) is 6.54 Å². The molecule has 0 aromatic heterocycles. The summed E-state index contributed by atoms with van der Waals surface area (Å²) in [7, 11) is 1.70. The number of carbonyl (C=O) groups is 1. The molecule has 110 valence electrons. The highest BCUT2D eigenvalue weighted by Crippen LogP contribution is 2.11. The molecule has 2 rings (SSSR count). The van der Waals surface area contributed by atoms with Crippen molar-refractivity contribution in [2.75, 3.05) is 25.9 Å². The van der Waals surface area contributed by atoms with Crippen LogP contribution in [-0.2, 0) is 0 Å². The smallest absolute Gasteiger partial charge is 0.253 e. The van der Waals surface area contributed by atoms with Gasteiger partial charge in [-0.3, -0.25) is 4.79 Å². The molecule has 2 aromatic rings. The lowest BCUT2D eigenvalue weighted by Crippen LogP contribution is -2.30. The highest BCUT2D eigenvalue weighted by atomic mass is 19.1. The number of likely N-dealkylation sites (N-methyl/N-ethyl adjacent to an activating group) is 1. The van der Waals surface area contributed by atoms with Gasteiger partial charge in [-0.1, -0.05) is 0 Å². The number of hydrogen-bond acceptors (Lipinski definition) is 3. The molecular weight excluding hydrogens is 271 g/mol. The van der Waals surface area contributed by atoms with E-state index >= 15 is 0 Å². The van der Waals surface area contributed by atoms with E-state index < -0.39 is 0 Å². The van der Waals surface area contributed by atoms with Crippen molar-refractivity contribution < 1.29 is 13.9 Å². The lowest BCUT2D eigenvalue weighted by atomic mass is 10.2. The molecule has 0 bridgehead atoms. The second-order valence-electron chi connectivity index (χ2n) is 4.65. The maximum atomic E-state index is 12.7. The highest BCUT2D eigenvalue weighted by molar-refractivity contribution is 5.94. The van der Waals surface area contributed by atoms with Crippen molar-refractivity contribution in [2.45, 2.75) is 0 Å². The van der Waals surface area contributed by atoms with Gasteiger partial charge in [0.25, 0.3) is 5.91 Å². The molecule has 2 aromatic carbocycles. The van der Waals surface area contributed by atoms with E-state index in [0.717, 1.165) is 0 Å². The van der Waals surface area contributed by atoms with Gasteiger partial charge >= 0.3 is 0 Å². The van der Waals surface area contributed by atoms with Crippen LogP contribution >= 0.6 is 0 Å². The zero-order valence-electron chi connectivity index (χ0n) is 11.8. The van der Waals surface area contributed by atoms with Crippen LogP contribution < -0.4 is 10.5 Å². The van der Waals surface area contributed by atoms with E-state index in [4.69, 9.17) is 10.5 Å². The van der Waals surface area contributed by atoms with Crippen LogP contribution in [0.2, 0.25) is 0 Å². The van der Waals surface area contributed by atoms with Crippen molar-refractivity contribution in [2.24, 2.45) is 0 Å². The molecule has 0 radical (unpaired) electrons. The largest absolute Gasteiger partial charge is 0.492 e. The fraction of sp³-hybridized carbons (Fsp3) is 0.188. The maximum Gasteiger partial charge on any atom is 0.253 e. The Hall–Kier alpha value is -2.56. The second-order valence-corrected chi connectivity index (χ2v) is 4.65. The number of amides is 1. The molecule has 0 heterocycles. The number of carbonyl (C=O) groups excluding carboxylic acids is 1. The first-order valence-corrected chi connectivity index (χ1v) is 6.55. The lowest BCUT2D eigenvalue weighted by Gasteiger charge is -2.17. The quantitative estimate of drug-likeness (QED) is 0.860. The Kier molecular flexibility index (Phi) is 4.77. The van der Waals surface area contributed by atoms with Gasteiger partial charge < -0.3 is 15.4 Å². The second kappa shape index (κ2) is 6.74. The molecule has 21 heavy (non-hydrogen) atoms. The average molecular weight is 288 g/mol. The van der Waals surface area contributed by atoms with Crippen molar-refractivity contribution in [3.63, 3.8) is 0 Å². The molecule has 0 aliphatic heterocycles. The van der Waals surface area contributed by atoms with E-state index in [1.54, 1.807) is 48.3 Å². The molecule has 0 unspecified atom stereocenters. The monoisotopic (exact) mass is 288 g/mol. The lowest BCUT2D eigenvalue weighted by molar-refractivity contribution is 0.0774. The molecule has 4 nitrogen and oxygen atoms in total. The zero-order valence-corrected chi connectivity index (χ0v) is 11.8. The Balaban J connectivity index is 1.83. The van der Waals surface area contributed by atoms with Gasteiger partial charge in [0, 0.05) is 18.3 Å². The predicted octanol–water partition coefficient (Wildman–Crippen LogP) is 2.56. The van der Waals surface area contributed by atoms with E-state index in [-0.39, 0.29) is 11.7 Å². The number of benzene rings is 2. The number of anilines is 1. The Morgan fingerprint density at radius 2 is 1.76 bits per heavy atom. The maximum absolute atomic E-state index is 12.7. The zero-order chi connectivity index (χ0) is 15.2. The topological polar surface area (TPSA) is 55.6 Å². The first-order valence-electron chi connectivity index (χ1n) is 6.55. The summed E-state index contributed by atoms with van der Waals surface area (Å²) in [5.74, 6) is 0.167. The molecule has 0 saturated carbocycles. The Bertz CT molecular complexity index is 597. The fourth-order valence-electron chi connectivity index (χ4n) is 1.78. The Morgan fingerprint density at radius 1 is 1.14 bits per heavy atom. The van der Waals surface area contributed by atoms with Crippen LogP contribution in [0.5, 0.6) is 5.75 Å². The third-order valence-electron chi connectivity index (χ3n) is 3.01. The van der Waals surface area contributed by atoms with Gasteiger partial charge in [-0.05, 0) is 48.5 Å². The minimum absolute atomic E-state index is 0.0993. The van der Waals surface area contributed by atoms with Crippen LogP contribution in [0.15, 0.2) is 48.5 Å². The summed E-state index contributed by atoms with van der Waals surface area (Å²) in [6.07, 6.45) is 0. The molecule has 0 aliphatic rings. The van der Waals surface area contributed by atoms with Crippen LogP contribution in [0.25, 0.3) is 0 Å². The number of nitrogen functional groups attached to an aromatic ring is 1. The SMILES string of the molecule is CN(CCOc1ccc(F)cc1)C(=O)c1ccc(N)cc1. The molecule has 1 amide bonds. The van der Waals surface area contributed by atoms with Crippen molar-refractivity contribution in [1.82, 2.24) is 4.90 Å². The van der Waals surface area contributed by atoms with E-state index in [1.165, 1.54) is 12.1 Å². The number of hydrogen-bond donors (Lipinski definition) is 1. The molecule has 0 atom stereocenters. The van der Waals surface area contributed by atoms with Gasteiger partial charge in [0.1, 0.15) is 18.2 Å². The van der Waals surface area contributed by atoms with E-state index in [1.807, 2.05) is 0 Å². The standard InChI is InChI=1S/C16H17FN2O2/c1-19(16(20)12-2-6-14(18)7-3-12)10-11-21-15-8-4-13(17)5-9-15/h2-9H,10-11,18H2,1H3. The fourth-order valence-corrected chi connectivity index (χ4v) is 1.78. The summed E-state index contributed by atoms with van der Waals surface area (Å²) >= 11 is 0. The molecule has 5 heteroatoms. The Morgan fingerprint density at radius 3 is 2.38 bits per heavy atom. The van der Waals surface area contributed by atoms with E-state index in [2.05, 4.69) is 0 Å². The van der Waals surface area contributed by atoms with Crippen molar-refractivity contribution in [3.05, 3.63) is 59.9 Å². The number of rotatable bonds is 5. The highest BCUT2D eigenvalue weighted by Gasteiger charge is 2.11. The van der Waals surface area contributed by atoms with Crippen LogP contribution in [-0.4, -0.2) is 31.0 Å². The third-order valence-corrected chi connectivity index (χ3v) is 3.01. The summed E-state index contributed by atoms with van der Waals surface area (Å²) in [5.41, 5.74) is 6.78. The van der Waals surface area contributed by atoms with E-state index in [0.29, 0.717) is 30.2 Å². The minimum atomic E-state index is -0.307. The molecule has 0 spiro atoms. The molecule has 0 aliphatic carbocycles. The normalized spacial score (nSPS) is 10.2. The van der Waals surface area contributed by atoms with Crippen LogP contribution in [0.3, 0.4) is 0 Å². The number of nitrogens with zero attached hydrogens (tertiary/aromatic N) is 1. The molecule has 2 N–H and O–H groups in total. The molecule has 0 fully saturated rings. The van der Waals surface area contributed by atoms with Crippen molar-refractivity contribution >= 4 is 11.6 Å². The van der Waals surface area contributed by atoms with Gasteiger partial charge in [0.2, 0.25) is 0 Å². The summed E-state index contributed by atoms with van der Waals surface area (Å²) in [6, 6.07) is 12.5. The van der Waals surface area contributed by atoms with Crippen molar-refractivity contribution in [3.8, 4) is 5.75 Å². The number of nitrogens with two attached hydrogens (primary N) is 1. The Labute approximate surface area is 122 Å². The average Bonchev–Trinajstić information content (AvgIpc) is 2.49. The van der Waals surface area contributed by atoms with Gasteiger partial charge in [-0.15, -0.1) is 0 Å². The van der Waals surface area contributed by atoms with Crippen LogP contribution in [0, 0.1) is 5.82 Å². The first-order chi connectivity index (χ1) is 10.1. The number of ether oxygens (including phenoxy) is 1. The summed E-state index contributed by atoms with van der Waals surface area (Å²) < 4.78 is 18.2.